The van der Waals surface area contributed by atoms with Gasteiger partial charge in [-0.3, -0.25) is 0 Å². The topological polar surface area (TPSA) is 41.6 Å². The SMILES string of the molecule is CCc1cc(C(F)(F)F)ccc1CC1OC(=O)c2cc(N3CCNCC3)ccc21.Cl. The zero-order valence-corrected chi connectivity index (χ0v) is 17.4. The van der Waals surface area contributed by atoms with E-state index in [9.17, 15) is 18.0 Å². The number of esters is 1. The average molecular weight is 441 g/mol. The summed E-state index contributed by atoms with van der Waals surface area (Å²) in [6.45, 7) is 5.38. The first kappa shape index (κ1) is 22.4. The summed E-state index contributed by atoms with van der Waals surface area (Å²) in [5.41, 5.74) is 3.10. The quantitative estimate of drug-likeness (QED) is 0.708. The van der Waals surface area contributed by atoms with Crippen LogP contribution in [0.15, 0.2) is 36.4 Å². The van der Waals surface area contributed by atoms with Crippen molar-refractivity contribution in [1.29, 1.82) is 0 Å². The van der Waals surface area contributed by atoms with Crippen LogP contribution in [-0.4, -0.2) is 32.1 Å². The molecule has 1 fully saturated rings. The molecule has 0 saturated carbocycles. The Balaban J connectivity index is 0.00000256. The van der Waals surface area contributed by atoms with Crippen molar-refractivity contribution >= 4 is 24.1 Å². The van der Waals surface area contributed by atoms with Crippen molar-refractivity contribution in [3.8, 4) is 0 Å². The normalized spacial score (nSPS) is 18.6. The van der Waals surface area contributed by atoms with Crippen molar-refractivity contribution in [2.24, 2.45) is 0 Å². The lowest BCUT2D eigenvalue weighted by Gasteiger charge is -2.29. The molecule has 1 unspecified atom stereocenters. The molecule has 30 heavy (non-hydrogen) atoms. The first-order valence-corrected chi connectivity index (χ1v) is 9.86. The number of nitrogens with zero attached hydrogens (tertiary/aromatic N) is 1. The number of piperazine rings is 1. The van der Waals surface area contributed by atoms with Gasteiger partial charge in [0, 0.05) is 43.9 Å². The number of carbonyl (C=O) groups is 1. The molecule has 8 heteroatoms. The lowest BCUT2D eigenvalue weighted by Crippen LogP contribution is -2.43. The summed E-state index contributed by atoms with van der Waals surface area (Å²) in [6.07, 6.45) is -3.99. The number of fused-ring (bicyclic) bond motifs is 1. The average Bonchev–Trinajstić information content (AvgIpc) is 3.03. The molecule has 2 aliphatic heterocycles. The molecular weight excluding hydrogens is 417 g/mol. The Bertz CT molecular complexity index is 927. The Kier molecular flexibility index (Phi) is 6.62. The second kappa shape index (κ2) is 8.86. The molecule has 4 nitrogen and oxygen atoms in total. The Labute approximate surface area is 179 Å². The molecule has 1 N–H and O–H groups in total. The molecule has 0 bridgehead atoms. The zero-order valence-electron chi connectivity index (χ0n) is 16.6. The molecule has 0 aliphatic carbocycles. The minimum atomic E-state index is -4.37. The molecule has 2 heterocycles. The van der Waals surface area contributed by atoms with Gasteiger partial charge >= 0.3 is 12.1 Å². The third-order valence-corrected chi connectivity index (χ3v) is 5.65. The summed E-state index contributed by atoms with van der Waals surface area (Å²) in [5, 5.41) is 3.30. The highest BCUT2D eigenvalue weighted by Crippen LogP contribution is 2.37. The van der Waals surface area contributed by atoms with Crippen LogP contribution in [0.3, 0.4) is 0 Å². The van der Waals surface area contributed by atoms with Crippen LogP contribution in [0.2, 0.25) is 0 Å². The van der Waals surface area contributed by atoms with Crippen molar-refractivity contribution < 1.29 is 22.7 Å². The van der Waals surface area contributed by atoms with Crippen molar-refractivity contribution in [2.75, 3.05) is 31.1 Å². The third kappa shape index (κ3) is 4.42. The van der Waals surface area contributed by atoms with Gasteiger partial charge in [0.05, 0.1) is 11.1 Å². The van der Waals surface area contributed by atoms with Gasteiger partial charge in [-0.05, 0) is 41.8 Å². The molecule has 0 amide bonds. The zero-order chi connectivity index (χ0) is 20.6. The molecule has 0 radical (unpaired) electrons. The first-order valence-electron chi connectivity index (χ1n) is 9.86. The molecule has 2 aliphatic rings. The van der Waals surface area contributed by atoms with Gasteiger partial charge in [-0.25, -0.2) is 4.79 Å². The number of hydrogen-bond acceptors (Lipinski definition) is 4. The molecule has 4 rings (SSSR count). The number of carbonyl (C=O) groups excluding carboxylic acids is 1. The molecule has 162 valence electrons. The van der Waals surface area contributed by atoms with Gasteiger partial charge in [0.25, 0.3) is 0 Å². The molecule has 2 aromatic rings. The highest BCUT2D eigenvalue weighted by molar-refractivity contribution is 5.95. The maximum Gasteiger partial charge on any atom is 0.416 e. The Morgan fingerprint density at radius 1 is 1.10 bits per heavy atom. The van der Waals surface area contributed by atoms with Crippen molar-refractivity contribution in [1.82, 2.24) is 5.32 Å². The van der Waals surface area contributed by atoms with Crippen molar-refractivity contribution in [3.05, 3.63) is 64.2 Å². The standard InChI is InChI=1S/C22H23F3N2O2.ClH/c1-2-14-11-16(22(23,24)25)4-3-15(14)12-20-18-6-5-17(13-19(18)21(28)29-20)27-9-7-26-8-10-27;/h3-6,11,13,20,26H,2,7-10,12H2,1H3;1H. The van der Waals surface area contributed by atoms with E-state index in [1.165, 1.54) is 12.1 Å². The number of ether oxygens (including phenoxy) is 1. The second-order valence-electron chi connectivity index (χ2n) is 7.44. The van der Waals surface area contributed by atoms with E-state index in [2.05, 4.69) is 10.2 Å². The smallest absolute Gasteiger partial charge is 0.416 e. The van der Waals surface area contributed by atoms with E-state index in [0.29, 0.717) is 24.0 Å². The minimum Gasteiger partial charge on any atom is -0.454 e. The molecular formula is C22H24ClF3N2O2. The number of benzene rings is 2. The van der Waals surface area contributed by atoms with Crippen molar-refractivity contribution in [2.45, 2.75) is 32.0 Å². The number of hydrogen-bond donors (Lipinski definition) is 1. The Morgan fingerprint density at radius 2 is 1.83 bits per heavy atom. The predicted molar refractivity (Wildman–Crippen MR) is 111 cm³/mol. The van der Waals surface area contributed by atoms with Crippen LogP contribution >= 0.6 is 12.4 Å². The molecule has 0 spiro atoms. The minimum absolute atomic E-state index is 0. The second-order valence-corrected chi connectivity index (χ2v) is 7.44. The fraction of sp³-hybridized carbons (Fsp3) is 0.409. The highest BCUT2D eigenvalue weighted by Gasteiger charge is 2.34. The van der Waals surface area contributed by atoms with Gasteiger partial charge in [-0.2, -0.15) is 13.2 Å². The number of cyclic esters (lactones) is 1. The third-order valence-electron chi connectivity index (χ3n) is 5.65. The fourth-order valence-electron chi connectivity index (χ4n) is 4.06. The summed E-state index contributed by atoms with van der Waals surface area (Å²) in [6, 6.07) is 9.57. The number of nitrogens with one attached hydrogen (secondary N) is 1. The van der Waals surface area contributed by atoms with E-state index in [-0.39, 0.29) is 18.4 Å². The summed E-state index contributed by atoms with van der Waals surface area (Å²) < 4.78 is 44.6. The van der Waals surface area contributed by atoms with E-state index in [4.69, 9.17) is 4.74 Å². The highest BCUT2D eigenvalue weighted by atomic mass is 35.5. The van der Waals surface area contributed by atoms with E-state index in [0.717, 1.165) is 49.1 Å². The van der Waals surface area contributed by atoms with E-state index in [1.54, 1.807) is 0 Å². The van der Waals surface area contributed by atoms with E-state index >= 15 is 0 Å². The maximum absolute atomic E-state index is 13.0. The Morgan fingerprint density at radius 3 is 2.50 bits per heavy atom. The van der Waals surface area contributed by atoms with Crippen LogP contribution in [0.1, 0.15) is 45.6 Å². The van der Waals surface area contributed by atoms with E-state index in [1.807, 2.05) is 25.1 Å². The van der Waals surface area contributed by atoms with Crippen LogP contribution in [0.25, 0.3) is 0 Å². The summed E-state index contributed by atoms with van der Waals surface area (Å²) in [7, 11) is 0. The lowest BCUT2D eigenvalue weighted by molar-refractivity contribution is -0.137. The van der Waals surface area contributed by atoms with Crippen LogP contribution in [0.5, 0.6) is 0 Å². The lowest BCUT2D eigenvalue weighted by atomic mass is 9.93. The van der Waals surface area contributed by atoms with Gasteiger partial charge in [-0.15, -0.1) is 12.4 Å². The number of rotatable bonds is 4. The predicted octanol–water partition coefficient (Wildman–Crippen LogP) is 4.55. The van der Waals surface area contributed by atoms with E-state index < -0.39 is 17.8 Å². The van der Waals surface area contributed by atoms with Crippen molar-refractivity contribution in [3.63, 3.8) is 0 Å². The summed E-state index contributed by atoms with van der Waals surface area (Å²) >= 11 is 0. The molecule has 0 aromatic heterocycles. The van der Waals surface area contributed by atoms with Gasteiger partial charge in [0.1, 0.15) is 6.10 Å². The summed E-state index contributed by atoms with van der Waals surface area (Å²) in [5.74, 6) is -0.369. The van der Waals surface area contributed by atoms with Crippen LogP contribution in [-0.2, 0) is 23.8 Å². The van der Waals surface area contributed by atoms with Gasteiger partial charge < -0.3 is 15.0 Å². The number of anilines is 1. The number of alkyl halides is 3. The first-order chi connectivity index (χ1) is 13.9. The monoisotopic (exact) mass is 440 g/mol. The number of halogens is 4. The molecule has 1 atom stereocenters. The van der Waals surface area contributed by atoms with Crippen LogP contribution in [0.4, 0.5) is 18.9 Å². The van der Waals surface area contributed by atoms with Crippen LogP contribution < -0.4 is 10.2 Å². The molecule has 1 saturated heterocycles. The summed E-state index contributed by atoms with van der Waals surface area (Å²) in [4.78, 5) is 14.7. The van der Waals surface area contributed by atoms with Gasteiger partial charge in [0.2, 0.25) is 0 Å². The Hall–Kier alpha value is -2.25. The maximum atomic E-state index is 13.0. The number of aryl methyl sites for hydroxylation is 1. The molecule has 2 aromatic carbocycles. The van der Waals surface area contributed by atoms with Gasteiger partial charge in [0.15, 0.2) is 0 Å². The fourth-order valence-corrected chi connectivity index (χ4v) is 4.06. The largest absolute Gasteiger partial charge is 0.454 e. The van der Waals surface area contributed by atoms with Gasteiger partial charge in [-0.1, -0.05) is 19.1 Å². The van der Waals surface area contributed by atoms with Crippen LogP contribution in [0, 0.1) is 0 Å².